The molecule has 0 N–H and O–H groups in total. The van der Waals surface area contributed by atoms with E-state index in [0.29, 0.717) is 0 Å². The molecule has 36 heavy (non-hydrogen) atoms. The number of para-hydroxylation sites is 1. The zero-order valence-electron chi connectivity index (χ0n) is 19.5. The van der Waals surface area contributed by atoms with Gasteiger partial charge >= 0.3 is 0 Å². The smallest absolute Gasteiger partial charge is 0.0640 e. The first-order chi connectivity index (χ1) is 17.9. The van der Waals surface area contributed by atoms with Crippen molar-refractivity contribution < 1.29 is 0 Å². The van der Waals surface area contributed by atoms with Gasteiger partial charge in [-0.1, -0.05) is 97.1 Å². The van der Waals surface area contributed by atoms with Gasteiger partial charge in [0.15, 0.2) is 0 Å². The Morgan fingerprint density at radius 3 is 2.11 bits per heavy atom. The Balaban J connectivity index is 1.45. The lowest BCUT2D eigenvalue weighted by atomic mass is 9.97. The molecular formula is C34H21NS. The highest BCUT2D eigenvalue weighted by molar-refractivity contribution is 7.26. The molecule has 0 saturated carbocycles. The molecule has 0 aliphatic rings. The summed E-state index contributed by atoms with van der Waals surface area (Å²) < 4.78 is 5.12. The Bertz CT molecular complexity index is 2100. The summed E-state index contributed by atoms with van der Waals surface area (Å²) in [4.78, 5) is 0. The summed E-state index contributed by atoms with van der Waals surface area (Å²) >= 11 is 1.88. The first-order valence-electron chi connectivity index (χ1n) is 12.3. The second kappa shape index (κ2) is 7.55. The van der Waals surface area contributed by atoms with Crippen molar-refractivity contribution in [1.82, 2.24) is 4.57 Å². The van der Waals surface area contributed by atoms with E-state index < -0.39 is 0 Å². The largest absolute Gasteiger partial charge is 0.308 e. The van der Waals surface area contributed by atoms with Gasteiger partial charge in [0.2, 0.25) is 0 Å². The fourth-order valence-corrected chi connectivity index (χ4v) is 6.99. The summed E-state index contributed by atoms with van der Waals surface area (Å²) in [7, 11) is 0. The second-order valence-corrected chi connectivity index (χ2v) is 10.4. The van der Waals surface area contributed by atoms with E-state index in [1.54, 1.807) is 0 Å². The van der Waals surface area contributed by atoms with Crippen LogP contribution >= 0.6 is 11.3 Å². The Kier molecular flexibility index (Phi) is 4.16. The Morgan fingerprint density at radius 1 is 0.472 bits per heavy atom. The zero-order valence-corrected chi connectivity index (χ0v) is 20.3. The lowest BCUT2D eigenvalue weighted by Crippen LogP contribution is -1.93. The van der Waals surface area contributed by atoms with Crippen molar-refractivity contribution in [3.05, 3.63) is 127 Å². The number of fused-ring (bicyclic) bond motifs is 7. The molecule has 0 spiro atoms. The maximum atomic E-state index is 2.45. The zero-order chi connectivity index (χ0) is 23.6. The van der Waals surface area contributed by atoms with Crippen molar-refractivity contribution in [3.63, 3.8) is 0 Å². The quantitative estimate of drug-likeness (QED) is 0.234. The minimum atomic E-state index is 1.24. The van der Waals surface area contributed by atoms with E-state index in [9.17, 15) is 0 Å². The lowest BCUT2D eigenvalue weighted by Gasteiger charge is -2.10. The highest BCUT2D eigenvalue weighted by atomic mass is 32.1. The molecule has 2 heterocycles. The molecule has 0 aliphatic heterocycles. The summed E-state index contributed by atoms with van der Waals surface area (Å²) in [5, 5.41) is 7.79. The van der Waals surface area contributed by atoms with Crippen LogP contribution in [0.25, 0.3) is 69.6 Å². The van der Waals surface area contributed by atoms with Crippen molar-refractivity contribution in [2.45, 2.75) is 0 Å². The molecule has 8 rings (SSSR count). The fraction of sp³-hybridized carbons (Fsp3) is 0. The van der Waals surface area contributed by atoms with Crippen LogP contribution in [-0.2, 0) is 0 Å². The summed E-state index contributed by atoms with van der Waals surface area (Å²) in [6.45, 7) is 0. The number of rotatable bonds is 2. The van der Waals surface area contributed by atoms with Crippen molar-refractivity contribution in [2.24, 2.45) is 0 Å². The van der Waals surface area contributed by atoms with E-state index in [1.165, 1.54) is 69.6 Å². The molecule has 0 amide bonds. The first-order valence-corrected chi connectivity index (χ1v) is 13.1. The number of nitrogens with zero attached hydrogens (tertiary/aromatic N) is 1. The molecule has 1 nitrogen and oxygen atoms in total. The summed E-state index contributed by atoms with van der Waals surface area (Å²) in [6.07, 6.45) is 0. The molecule has 8 aromatic rings. The maximum absolute atomic E-state index is 2.45. The molecule has 0 unspecified atom stereocenters. The van der Waals surface area contributed by atoms with Crippen LogP contribution in [0, 0.1) is 0 Å². The highest BCUT2D eigenvalue weighted by Crippen LogP contribution is 2.41. The van der Waals surface area contributed by atoms with Gasteiger partial charge in [0.25, 0.3) is 0 Å². The van der Waals surface area contributed by atoms with Gasteiger partial charge in [-0.05, 0) is 52.2 Å². The summed E-state index contributed by atoms with van der Waals surface area (Å²) in [6, 6.07) is 46.4. The van der Waals surface area contributed by atoms with Gasteiger partial charge < -0.3 is 4.57 Å². The summed E-state index contributed by atoms with van der Waals surface area (Å²) in [5.41, 5.74) is 6.26. The van der Waals surface area contributed by atoms with Crippen LogP contribution < -0.4 is 0 Å². The van der Waals surface area contributed by atoms with Crippen LogP contribution in [-0.4, -0.2) is 4.57 Å². The van der Waals surface area contributed by atoms with Crippen LogP contribution in [0.2, 0.25) is 0 Å². The predicted molar refractivity (Wildman–Crippen MR) is 157 cm³/mol. The van der Waals surface area contributed by atoms with Crippen molar-refractivity contribution in [3.8, 4) is 16.8 Å². The molecule has 0 fully saturated rings. The number of aromatic nitrogens is 1. The molecule has 168 valence electrons. The predicted octanol–water partition coefficient (Wildman–Crippen LogP) is 9.97. The number of benzene rings is 6. The normalized spacial score (nSPS) is 11.9. The van der Waals surface area contributed by atoms with E-state index in [4.69, 9.17) is 0 Å². The molecular weight excluding hydrogens is 454 g/mol. The van der Waals surface area contributed by atoms with Gasteiger partial charge in [-0.15, -0.1) is 11.3 Å². The van der Waals surface area contributed by atoms with Gasteiger partial charge in [-0.3, -0.25) is 0 Å². The van der Waals surface area contributed by atoms with E-state index >= 15 is 0 Å². The molecule has 0 aliphatic carbocycles. The fourth-order valence-electron chi connectivity index (χ4n) is 5.79. The number of hydrogen-bond acceptors (Lipinski definition) is 1. The van der Waals surface area contributed by atoms with Gasteiger partial charge in [0.1, 0.15) is 0 Å². The topological polar surface area (TPSA) is 4.93 Å². The SMILES string of the molecule is c1ccc2c(-c3ccc4c(c3)c3ccccc3n4-c3cccc4c3sc3ccccc34)cccc2c1. The van der Waals surface area contributed by atoms with Gasteiger partial charge in [0, 0.05) is 26.2 Å². The second-order valence-electron chi connectivity index (χ2n) is 9.36. The van der Waals surface area contributed by atoms with E-state index in [0.717, 1.165) is 0 Å². The number of hydrogen-bond donors (Lipinski definition) is 0. The average Bonchev–Trinajstić information content (AvgIpc) is 3.48. The first kappa shape index (κ1) is 19.9. The summed E-state index contributed by atoms with van der Waals surface area (Å²) in [5.74, 6) is 0. The van der Waals surface area contributed by atoms with Crippen molar-refractivity contribution >= 4 is 64.1 Å². The Morgan fingerprint density at radius 2 is 1.17 bits per heavy atom. The van der Waals surface area contributed by atoms with E-state index in [1.807, 2.05) is 11.3 Å². The minimum Gasteiger partial charge on any atom is -0.308 e. The molecule has 0 saturated heterocycles. The molecule has 6 aromatic carbocycles. The third kappa shape index (κ3) is 2.76. The van der Waals surface area contributed by atoms with Gasteiger partial charge in [-0.25, -0.2) is 0 Å². The van der Waals surface area contributed by atoms with Crippen LogP contribution in [0.3, 0.4) is 0 Å². The minimum absolute atomic E-state index is 1.24. The molecule has 0 atom stereocenters. The monoisotopic (exact) mass is 475 g/mol. The molecule has 0 bridgehead atoms. The third-order valence-electron chi connectivity index (χ3n) is 7.40. The average molecular weight is 476 g/mol. The van der Waals surface area contributed by atoms with Gasteiger partial charge in [-0.2, -0.15) is 0 Å². The standard InChI is InChI=1S/C34H21NS/c1-2-11-24-22(9-1)10-7-14-25(24)23-19-20-31-29(21-23)26-12-3-5-16-30(26)35(31)32-17-8-15-28-27-13-4-6-18-33(27)36-34(28)32/h1-21H. The maximum Gasteiger partial charge on any atom is 0.0640 e. The Labute approximate surface area is 212 Å². The van der Waals surface area contributed by atoms with Gasteiger partial charge in [0.05, 0.1) is 21.4 Å². The highest BCUT2D eigenvalue weighted by Gasteiger charge is 2.17. The number of thiophene rings is 1. The van der Waals surface area contributed by atoms with Crippen LogP contribution in [0.15, 0.2) is 127 Å². The van der Waals surface area contributed by atoms with Crippen LogP contribution in [0.1, 0.15) is 0 Å². The van der Waals surface area contributed by atoms with Crippen molar-refractivity contribution in [2.75, 3.05) is 0 Å². The molecule has 0 radical (unpaired) electrons. The van der Waals surface area contributed by atoms with E-state index in [-0.39, 0.29) is 0 Å². The van der Waals surface area contributed by atoms with Crippen LogP contribution in [0.4, 0.5) is 0 Å². The van der Waals surface area contributed by atoms with E-state index in [2.05, 4.69) is 132 Å². The Hall–Kier alpha value is -4.40. The van der Waals surface area contributed by atoms with Crippen molar-refractivity contribution in [1.29, 1.82) is 0 Å². The third-order valence-corrected chi connectivity index (χ3v) is 8.61. The molecule has 2 aromatic heterocycles. The lowest BCUT2D eigenvalue weighted by molar-refractivity contribution is 1.20. The molecule has 2 heteroatoms. The van der Waals surface area contributed by atoms with Crippen LogP contribution in [0.5, 0.6) is 0 Å².